The maximum Gasteiger partial charge on any atom is 0.262 e. The molecule has 0 bridgehead atoms. The number of aryl methyl sites for hydroxylation is 2. The van der Waals surface area contributed by atoms with Gasteiger partial charge in [-0.15, -0.1) is 0 Å². The third-order valence-corrected chi connectivity index (χ3v) is 4.54. The first kappa shape index (κ1) is 19.0. The summed E-state index contributed by atoms with van der Waals surface area (Å²) in [6, 6.07) is 18.5. The standard InChI is InChI=1S/C23H19ClN2O3/c1-14-8-15(2)10-19(9-14)28-13-22(27)25-18-6-7-21-20(12-18)26-23(29-21)16-4-3-5-17(24)11-16/h3-12H,13H2,1-2H3,(H,25,27). The van der Waals surface area contributed by atoms with Gasteiger partial charge in [0.15, 0.2) is 12.2 Å². The highest BCUT2D eigenvalue weighted by Crippen LogP contribution is 2.27. The number of nitrogens with one attached hydrogen (secondary N) is 1. The summed E-state index contributed by atoms with van der Waals surface area (Å²) in [5, 5.41) is 3.44. The van der Waals surface area contributed by atoms with Gasteiger partial charge < -0.3 is 14.5 Å². The Morgan fingerprint density at radius 2 is 1.86 bits per heavy atom. The van der Waals surface area contributed by atoms with Gasteiger partial charge in [-0.2, -0.15) is 0 Å². The van der Waals surface area contributed by atoms with Gasteiger partial charge in [-0.25, -0.2) is 4.98 Å². The molecule has 0 atom stereocenters. The maximum atomic E-state index is 12.3. The van der Waals surface area contributed by atoms with Crippen LogP contribution in [0, 0.1) is 13.8 Å². The predicted molar refractivity (Wildman–Crippen MR) is 114 cm³/mol. The van der Waals surface area contributed by atoms with Gasteiger partial charge >= 0.3 is 0 Å². The van der Waals surface area contributed by atoms with Gasteiger partial charge in [-0.1, -0.05) is 23.7 Å². The number of hydrogen-bond donors (Lipinski definition) is 1. The Kier molecular flexibility index (Phi) is 5.23. The highest BCUT2D eigenvalue weighted by molar-refractivity contribution is 6.30. The molecule has 4 rings (SSSR count). The zero-order valence-electron chi connectivity index (χ0n) is 16.0. The van der Waals surface area contributed by atoms with Gasteiger partial charge in [0.05, 0.1) is 0 Å². The first-order chi connectivity index (χ1) is 14.0. The molecule has 4 aromatic rings. The second-order valence-corrected chi connectivity index (χ2v) is 7.31. The third kappa shape index (κ3) is 4.58. The van der Waals surface area contributed by atoms with Gasteiger partial charge in [-0.05, 0) is 73.5 Å². The summed E-state index contributed by atoms with van der Waals surface area (Å²) in [6.45, 7) is 3.91. The number of aromatic nitrogens is 1. The van der Waals surface area contributed by atoms with Gasteiger partial charge in [0.1, 0.15) is 11.3 Å². The van der Waals surface area contributed by atoms with E-state index in [0.29, 0.717) is 33.4 Å². The molecule has 0 fully saturated rings. The smallest absolute Gasteiger partial charge is 0.262 e. The van der Waals surface area contributed by atoms with Crippen LogP contribution in [0.4, 0.5) is 5.69 Å². The van der Waals surface area contributed by atoms with Crippen molar-refractivity contribution in [2.75, 3.05) is 11.9 Å². The molecule has 1 heterocycles. The second kappa shape index (κ2) is 7.97. The Hall–Kier alpha value is -3.31. The summed E-state index contributed by atoms with van der Waals surface area (Å²) >= 11 is 6.04. The Balaban J connectivity index is 1.45. The molecule has 0 saturated heterocycles. The van der Waals surface area contributed by atoms with Crippen molar-refractivity contribution in [1.29, 1.82) is 0 Å². The molecule has 0 aliphatic carbocycles. The second-order valence-electron chi connectivity index (χ2n) is 6.87. The topological polar surface area (TPSA) is 64.4 Å². The minimum atomic E-state index is -0.248. The molecule has 0 saturated carbocycles. The molecule has 1 amide bonds. The lowest BCUT2D eigenvalue weighted by molar-refractivity contribution is -0.118. The van der Waals surface area contributed by atoms with Crippen molar-refractivity contribution in [2.45, 2.75) is 13.8 Å². The van der Waals surface area contributed by atoms with Crippen LogP contribution in [0.1, 0.15) is 11.1 Å². The van der Waals surface area contributed by atoms with Crippen LogP contribution in [0.5, 0.6) is 5.75 Å². The monoisotopic (exact) mass is 406 g/mol. The lowest BCUT2D eigenvalue weighted by Crippen LogP contribution is -2.20. The average molecular weight is 407 g/mol. The number of carbonyl (C=O) groups is 1. The molecular formula is C23H19ClN2O3. The van der Waals surface area contributed by atoms with E-state index in [1.165, 1.54) is 0 Å². The number of amides is 1. The van der Waals surface area contributed by atoms with Crippen LogP contribution in [0.25, 0.3) is 22.6 Å². The van der Waals surface area contributed by atoms with Crippen LogP contribution >= 0.6 is 11.6 Å². The fraction of sp³-hybridized carbons (Fsp3) is 0.130. The molecule has 3 aromatic carbocycles. The van der Waals surface area contributed by atoms with Gasteiger partial charge in [0.2, 0.25) is 5.89 Å². The lowest BCUT2D eigenvalue weighted by atomic mass is 10.1. The fourth-order valence-corrected chi connectivity index (χ4v) is 3.30. The first-order valence-electron chi connectivity index (χ1n) is 9.14. The predicted octanol–water partition coefficient (Wildman–Crippen LogP) is 5.78. The van der Waals surface area contributed by atoms with Crippen LogP contribution < -0.4 is 10.1 Å². The average Bonchev–Trinajstić information content (AvgIpc) is 3.09. The van der Waals surface area contributed by atoms with Crippen LogP contribution in [-0.4, -0.2) is 17.5 Å². The lowest BCUT2D eigenvalue weighted by Gasteiger charge is -2.09. The molecule has 6 heteroatoms. The van der Waals surface area contributed by atoms with E-state index in [4.69, 9.17) is 20.8 Å². The first-order valence-corrected chi connectivity index (χ1v) is 9.51. The molecule has 29 heavy (non-hydrogen) atoms. The molecule has 0 aliphatic rings. The highest BCUT2D eigenvalue weighted by Gasteiger charge is 2.11. The van der Waals surface area contributed by atoms with Crippen LogP contribution in [0.3, 0.4) is 0 Å². The normalized spacial score (nSPS) is 10.9. The number of hydrogen-bond acceptors (Lipinski definition) is 4. The van der Waals surface area contributed by atoms with Crippen molar-refractivity contribution < 1.29 is 13.9 Å². The van der Waals surface area contributed by atoms with Crippen LogP contribution in [-0.2, 0) is 4.79 Å². The fourth-order valence-electron chi connectivity index (χ4n) is 3.11. The molecular weight excluding hydrogens is 388 g/mol. The zero-order chi connectivity index (χ0) is 20.4. The summed E-state index contributed by atoms with van der Waals surface area (Å²) in [4.78, 5) is 16.8. The van der Waals surface area contributed by atoms with Crippen molar-refractivity contribution in [3.63, 3.8) is 0 Å². The van der Waals surface area contributed by atoms with Crippen molar-refractivity contribution >= 4 is 34.3 Å². The number of ether oxygens (including phenoxy) is 1. The summed E-state index contributed by atoms with van der Waals surface area (Å²) in [6.07, 6.45) is 0. The number of carbonyl (C=O) groups excluding carboxylic acids is 1. The largest absolute Gasteiger partial charge is 0.484 e. The van der Waals surface area contributed by atoms with E-state index in [0.717, 1.165) is 16.7 Å². The summed E-state index contributed by atoms with van der Waals surface area (Å²) in [5.41, 5.74) is 4.87. The van der Waals surface area contributed by atoms with E-state index in [9.17, 15) is 4.79 Å². The van der Waals surface area contributed by atoms with Crippen LogP contribution in [0.2, 0.25) is 5.02 Å². The molecule has 5 nitrogen and oxygen atoms in total. The Morgan fingerprint density at radius 1 is 1.07 bits per heavy atom. The number of fused-ring (bicyclic) bond motifs is 1. The number of oxazole rings is 1. The SMILES string of the molecule is Cc1cc(C)cc(OCC(=O)Nc2ccc3oc(-c4cccc(Cl)c4)nc3c2)c1. The maximum absolute atomic E-state index is 12.3. The molecule has 146 valence electrons. The van der Waals surface area contributed by atoms with Gasteiger partial charge in [0.25, 0.3) is 5.91 Å². The minimum Gasteiger partial charge on any atom is -0.484 e. The Bertz CT molecular complexity index is 1180. The van der Waals surface area contributed by atoms with Crippen molar-refractivity contribution in [3.05, 3.63) is 76.8 Å². The van der Waals surface area contributed by atoms with E-state index in [2.05, 4.69) is 16.4 Å². The number of benzene rings is 3. The van der Waals surface area contributed by atoms with Crippen molar-refractivity contribution in [3.8, 4) is 17.2 Å². The zero-order valence-corrected chi connectivity index (χ0v) is 16.8. The molecule has 0 radical (unpaired) electrons. The molecule has 0 unspecified atom stereocenters. The van der Waals surface area contributed by atoms with E-state index in [1.807, 2.05) is 38.1 Å². The van der Waals surface area contributed by atoms with Crippen molar-refractivity contribution in [2.24, 2.45) is 0 Å². The third-order valence-electron chi connectivity index (χ3n) is 4.31. The van der Waals surface area contributed by atoms with Crippen molar-refractivity contribution in [1.82, 2.24) is 4.98 Å². The molecule has 0 aliphatic heterocycles. The summed E-state index contributed by atoms with van der Waals surface area (Å²) in [7, 11) is 0. The van der Waals surface area contributed by atoms with Gasteiger partial charge in [0, 0.05) is 16.3 Å². The summed E-state index contributed by atoms with van der Waals surface area (Å²) in [5.74, 6) is 0.905. The molecule has 1 N–H and O–H groups in total. The highest BCUT2D eigenvalue weighted by atomic mass is 35.5. The number of anilines is 1. The Labute approximate surface area is 173 Å². The van der Waals surface area contributed by atoms with E-state index in [1.54, 1.807) is 30.3 Å². The quantitative estimate of drug-likeness (QED) is 0.456. The van der Waals surface area contributed by atoms with Gasteiger partial charge in [-0.3, -0.25) is 4.79 Å². The number of rotatable bonds is 5. The summed E-state index contributed by atoms with van der Waals surface area (Å²) < 4.78 is 11.4. The number of nitrogens with zero attached hydrogens (tertiary/aromatic N) is 1. The molecule has 0 spiro atoms. The Morgan fingerprint density at radius 3 is 2.62 bits per heavy atom. The number of halogens is 1. The van der Waals surface area contributed by atoms with E-state index >= 15 is 0 Å². The van der Waals surface area contributed by atoms with E-state index < -0.39 is 0 Å². The van der Waals surface area contributed by atoms with Crippen LogP contribution in [0.15, 0.2) is 65.1 Å². The van der Waals surface area contributed by atoms with E-state index in [-0.39, 0.29) is 12.5 Å². The minimum absolute atomic E-state index is 0.0759. The molecule has 1 aromatic heterocycles.